The fourth-order valence-corrected chi connectivity index (χ4v) is 3.87. The number of carbonyl (C=O) groups excluding carboxylic acids is 3. The Morgan fingerprint density at radius 3 is 2.46 bits per heavy atom. The van der Waals surface area contributed by atoms with E-state index in [0.29, 0.717) is 23.4 Å². The molecule has 2 aromatic rings. The standard InChI is InChI=1S/C21H22N4O3/c26-19-17-7-6-15(24-21(28)23-13-14-8-10-22-11-9-14)12-18(17)20(27)25(19)16-4-2-1-3-5-16/h6-12,16H,1-5,13H2,(H2,23,24,28). The topological polar surface area (TPSA) is 91.4 Å². The Hall–Kier alpha value is -3.22. The lowest BCUT2D eigenvalue weighted by molar-refractivity contribution is 0.0549. The van der Waals surface area contributed by atoms with Gasteiger partial charge in [-0.1, -0.05) is 19.3 Å². The van der Waals surface area contributed by atoms with Gasteiger partial charge in [0.15, 0.2) is 0 Å². The SMILES string of the molecule is O=C(NCc1ccncc1)Nc1ccc2c(c1)C(=O)N(C1CCCCC1)C2=O. The van der Waals surface area contributed by atoms with Crippen molar-refractivity contribution < 1.29 is 14.4 Å². The molecule has 0 unspecified atom stereocenters. The zero-order chi connectivity index (χ0) is 19.5. The Labute approximate surface area is 163 Å². The third-order valence-electron chi connectivity index (χ3n) is 5.32. The quantitative estimate of drug-likeness (QED) is 0.799. The molecule has 2 aliphatic rings. The smallest absolute Gasteiger partial charge is 0.319 e. The molecule has 1 fully saturated rings. The normalized spacial score (nSPS) is 16.8. The van der Waals surface area contributed by atoms with Gasteiger partial charge in [-0.15, -0.1) is 0 Å². The molecule has 28 heavy (non-hydrogen) atoms. The maximum atomic E-state index is 12.8. The number of imide groups is 1. The highest BCUT2D eigenvalue weighted by molar-refractivity contribution is 6.22. The van der Waals surface area contributed by atoms with Crippen LogP contribution in [0.2, 0.25) is 0 Å². The van der Waals surface area contributed by atoms with Gasteiger partial charge in [0, 0.05) is 30.7 Å². The van der Waals surface area contributed by atoms with Crippen LogP contribution in [0, 0.1) is 0 Å². The first-order valence-electron chi connectivity index (χ1n) is 9.59. The minimum Gasteiger partial charge on any atom is -0.334 e. The average molecular weight is 378 g/mol. The summed E-state index contributed by atoms with van der Waals surface area (Å²) in [6, 6.07) is 8.11. The lowest BCUT2D eigenvalue weighted by atomic mass is 9.94. The summed E-state index contributed by atoms with van der Waals surface area (Å²) >= 11 is 0. The minimum atomic E-state index is -0.377. The molecular weight excluding hydrogens is 356 g/mol. The summed E-state index contributed by atoms with van der Waals surface area (Å²) in [5.74, 6) is -0.478. The zero-order valence-electron chi connectivity index (χ0n) is 15.5. The van der Waals surface area contributed by atoms with Crippen LogP contribution in [-0.4, -0.2) is 33.8 Å². The molecule has 0 spiro atoms. The molecule has 0 radical (unpaired) electrons. The van der Waals surface area contributed by atoms with E-state index in [1.807, 2.05) is 12.1 Å². The van der Waals surface area contributed by atoms with Gasteiger partial charge >= 0.3 is 6.03 Å². The third-order valence-corrected chi connectivity index (χ3v) is 5.32. The highest BCUT2D eigenvalue weighted by atomic mass is 16.2. The molecule has 1 aromatic carbocycles. The van der Waals surface area contributed by atoms with E-state index in [-0.39, 0.29) is 23.9 Å². The first-order valence-corrected chi connectivity index (χ1v) is 9.59. The predicted octanol–water partition coefficient (Wildman–Crippen LogP) is 3.33. The fourth-order valence-electron chi connectivity index (χ4n) is 3.87. The van der Waals surface area contributed by atoms with Gasteiger partial charge < -0.3 is 10.6 Å². The Morgan fingerprint density at radius 1 is 1.00 bits per heavy atom. The van der Waals surface area contributed by atoms with Crippen LogP contribution in [0.4, 0.5) is 10.5 Å². The maximum Gasteiger partial charge on any atom is 0.319 e. The number of anilines is 1. The largest absolute Gasteiger partial charge is 0.334 e. The second-order valence-corrected chi connectivity index (χ2v) is 7.20. The van der Waals surface area contributed by atoms with Crippen molar-refractivity contribution in [2.45, 2.75) is 44.7 Å². The molecule has 1 aliphatic carbocycles. The van der Waals surface area contributed by atoms with Crippen LogP contribution in [0.3, 0.4) is 0 Å². The first kappa shape index (κ1) is 18.2. The minimum absolute atomic E-state index is 0.0128. The first-order chi connectivity index (χ1) is 13.6. The van der Waals surface area contributed by atoms with Gasteiger partial charge in [0.25, 0.3) is 11.8 Å². The Balaban J connectivity index is 1.43. The van der Waals surface area contributed by atoms with E-state index in [2.05, 4.69) is 15.6 Å². The molecule has 0 atom stereocenters. The molecule has 1 aliphatic heterocycles. The highest BCUT2D eigenvalue weighted by Crippen LogP contribution is 2.32. The van der Waals surface area contributed by atoms with E-state index in [1.165, 1.54) is 4.90 Å². The summed E-state index contributed by atoms with van der Waals surface area (Å²) in [5, 5.41) is 5.48. The van der Waals surface area contributed by atoms with E-state index in [9.17, 15) is 14.4 Å². The fraction of sp³-hybridized carbons (Fsp3) is 0.333. The van der Waals surface area contributed by atoms with Crippen molar-refractivity contribution in [1.82, 2.24) is 15.2 Å². The number of hydrogen-bond acceptors (Lipinski definition) is 4. The Bertz CT molecular complexity index is 907. The number of amides is 4. The third kappa shape index (κ3) is 3.60. The van der Waals surface area contributed by atoms with Crippen LogP contribution in [0.1, 0.15) is 58.4 Å². The van der Waals surface area contributed by atoms with E-state index >= 15 is 0 Å². The summed E-state index contributed by atoms with van der Waals surface area (Å²) in [4.78, 5) is 43.0. The lowest BCUT2D eigenvalue weighted by Gasteiger charge is -2.29. The van der Waals surface area contributed by atoms with Gasteiger partial charge in [0.1, 0.15) is 0 Å². The molecule has 0 bridgehead atoms. The van der Waals surface area contributed by atoms with Crippen LogP contribution >= 0.6 is 0 Å². The lowest BCUT2D eigenvalue weighted by Crippen LogP contribution is -2.40. The van der Waals surface area contributed by atoms with Gasteiger partial charge in [0.05, 0.1) is 11.1 Å². The van der Waals surface area contributed by atoms with Crippen molar-refractivity contribution >= 4 is 23.5 Å². The molecule has 4 rings (SSSR count). The molecule has 144 valence electrons. The number of fused-ring (bicyclic) bond motifs is 1. The zero-order valence-corrected chi connectivity index (χ0v) is 15.5. The van der Waals surface area contributed by atoms with Crippen molar-refractivity contribution in [2.24, 2.45) is 0 Å². The van der Waals surface area contributed by atoms with E-state index in [1.54, 1.807) is 30.6 Å². The van der Waals surface area contributed by atoms with Crippen molar-refractivity contribution in [1.29, 1.82) is 0 Å². The van der Waals surface area contributed by atoms with Crippen molar-refractivity contribution in [3.05, 3.63) is 59.4 Å². The predicted molar refractivity (Wildman–Crippen MR) is 104 cm³/mol. The Morgan fingerprint density at radius 2 is 1.71 bits per heavy atom. The van der Waals surface area contributed by atoms with Crippen molar-refractivity contribution in [3.8, 4) is 0 Å². The molecule has 1 aromatic heterocycles. The molecule has 0 saturated heterocycles. The molecule has 2 N–H and O–H groups in total. The number of nitrogens with zero attached hydrogens (tertiary/aromatic N) is 2. The molecule has 7 heteroatoms. The second-order valence-electron chi connectivity index (χ2n) is 7.20. The number of urea groups is 1. The summed E-state index contributed by atoms with van der Waals surface area (Å²) in [5.41, 5.74) is 2.20. The maximum absolute atomic E-state index is 12.8. The summed E-state index contributed by atoms with van der Waals surface area (Å²) in [6.45, 7) is 0.367. The van der Waals surface area contributed by atoms with Gasteiger partial charge in [-0.05, 0) is 48.7 Å². The molecule has 7 nitrogen and oxygen atoms in total. The number of pyridine rings is 1. The summed E-state index contributed by atoms with van der Waals surface area (Å²) in [7, 11) is 0. The summed E-state index contributed by atoms with van der Waals surface area (Å²) in [6.07, 6.45) is 8.31. The molecular formula is C21H22N4O3. The van der Waals surface area contributed by atoms with Crippen LogP contribution in [-0.2, 0) is 6.54 Å². The number of rotatable bonds is 4. The van der Waals surface area contributed by atoms with Crippen LogP contribution in [0.5, 0.6) is 0 Å². The monoisotopic (exact) mass is 378 g/mol. The van der Waals surface area contributed by atoms with Gasteiger partial charge in [-0.2, -0.15) is 0 Å². The molecule has 1 saturated carbocycles. The highest BCUT2D eigenvalue weighted by Gasteiger charge is 2.40. The number of benzene rings is 1. The number of nitrogens with one attached hydrogen (secondary N) is 2. The van der Waals surface area contributed by atoms with Crippen LogP contribution in [0.15, 0.2) is 42.7 Å². The van der Waals surface area contributed by atoms with E-state index in [4.69, 9.17) is 0 Å². The molecule has 4 amide bonds. The van der Waals surface area contributed by atoms with Crippen molar-refractivity contribution in [2.75, 3.05) is 5.32 Å². The number of hydrogen-bond donors (Lipinski definition) is 2. The van der Waals surface area contributed by atoms with Gasteiger partial charge in [0.2, 0.25) is 0 Å². The Kier molecular flexibility index (Phi) is 5.06. The number of carbonyl (C=O) groups is 3. The van der Waals surface area contributed by atoms with Crippen LogP contribution in [0.25, 0.3) is 0 Å². The molecule has 2 heterocycles. The van der Waals surface area contributed by atoms with E-state index < -0.39 is 0 Å². The van der Waals surface area contributed by atoms with Gasteiger partial charge in [-0.3, -0.25) is 19.5 Å². The average Bonchev–Trinajstić information content (AvgIpc) is 2.98. The second kappa shape index (κ2) is 7.80. The number of aromatic nitrogens is 1. The summed E-state index contributed by atoms with van der Waals surface area (Å²) < 4.78 is 0. The van der Waals surface area contributed by atoms with E-state index in [0.717, 1.165) is 37.7 Å². The van der Waals surface area contributed by atoms with Crippen molar-refractivity contribution in [3.63, 3.8) is 0 Å². The van der Waals surface area contributed by atoms with Crippen LogP contribution < -0.4 is 10.6 Å². The van der Waals surface area contributed by atoms with Gasteiger partial charge in [-0.25, -0.2) is 4.79 Å².